The Morgan fingerprint density at radius 3 is 1.24 bits per heavy atom. The van der Waals surface area contributed by atoms with Crippen molar-refractivity contribution in [2.24, 2.45) is 0 Å². The van der Waals surface area contributed by atoms with E-state index in [1.807, 2.05) is 0 Å². The van der Waals surface area contributed by atoms with Crippen LogP contribution in [0.3, 0.4) is 0 Å². The predicted molar refractivity (Wildman–Crippen MR) is 122 cm³/mol. The number of rotatable bonds is 23. The van der Waals surface area contributed by atoms with Crippen LogP contribution in [-0.4, -0.2) is 12.8 Å². The van der Waals surface area contributed by atoms with Gasteiger partial charge in [0.2, 0.25) is 0 Å². The van der Waals surface area contributed by atoms with E-state index < -0.39 is 7.60 Å². The summed E-state index contributed by atoms with van der Waals surface area (Å²) in [6, 6.07) is 0. The van der Waals surface area contributed by atoms with Crippen molar-refractivity contribution in [3.8, 4) is 0 Å². The molecule has 0 heterocycles. The minimum Gasteiger partial charge on any atom is -0.778 e. The van der Waals surface area contributed by atoms with Crippen LogP contribution in [0.25, 0.3) is 0 Å². The Hall–Kier alpha value is 1.50. The molecular weight excluding hydrogens is 511 g/mol. The van der Waals surface area contributed by atoms with Crippen molar-refractivity contribution >= 4 is 7.60 Å². The molecule has 0 N–H and O–H groups in total. The summed E-state index contributed by atoms with van der Waals surface area (Å²) in [5.41, 5.74) is 0. The monoisotopic (exact) mass is 559 g/mol. The first-order chi connectivity index (χ1) is 13.6. The second-order valence-electron chi connectivity index (χ2n) is 8.53. The van der Waals surface area contributed by atoms with Crippen LogP contribution in [0, 0.1) is 40.8 Å². The molecule has 0 aromatic carbocycles. The molecule has 0 aromatic heterocycles. The SMILES string of the molecule is CCCCCCCCCCCCOP(=O)([O-])CCCCCCCCCCCC.[Nd+3]. The minimum atomic E-state index is -3.59. The minimum absolute atomic E-state index is 0. The van der Waals surface area contributed by atoms with Crippen molar-refractivity contribution in [3.63, 3.8) is 0 Å². The summed E-state index contributed by atoms with van der Waals surface area (Å²) >= 11 is 0. The fourth-order valence-electron chi connectivity index (χ4n) is 3.65. The third-order valence-corrected chi connectivity index (χ3v) is 7.01. The van der Waals surface area contributed by atoms with Gasteiger partial charge in [-0.25, -0.2) is 0 Å². The van der Waals surface area contributed by atoms with E-state index >= 15 is 0 Å². The topological polar surface area (TPSA) is 49.4 Å². The van der Waals surface area contributed by atoms with Crippen LogP contribution in [0.1, 0.15) is 142 Å². The van der Waals surface area contributed by atoms with Crippen LogP contribution in [-0.2, 0) is 9.09 Å². The Morgan fingerprint density at radius 2 is 0.862 bits per heavy atom. The molecule has 0 saturated heterocycles. The van der Waals surface area contributed by atoms with Gasteiger partial charge >= 0.3 is 40.8 Å². The van der Waals surface area contributed by atoms with E-state index in [1.165, 1.54) is 96.3 Å². The van der Waals surface area contributed by atoms with Crippen molar-refractivity contribution in [3.05, 3.63) is 0 Å². The summed E-state index contributed by atoms with van der Waals surface area (Å²) in [7, 11) is -3.59. The molecule has 0 aliphatic rings. The van der Waals surface area contributed by atoms with Gasteiger partial charge < -0.3 is 14.0 Å². The average molecular weight is 562 g/mol. The molecule has 0 saturated carbocycles. The van der Waals surface area contributed by atoms with Crippen LogP contribution in [0.5, 0.6) is 0 Å². The molecule has 0 aromatic rings. The molecule has 5 heteroatoms. The maximum absolute atomic E-state index is 11.9. The van der Waals surface area contributed by atoms with Crippen molar-refractivity contribution in [2.75, 3.05) is 12.8 Å². The number of hydrogen-bond donors (Lipinski definition) is 0. The molecule has 0 spiro atoms. The van der Waals surface area contributed by atoms with E-state index in [4.69, 9.17) is 4.52 Å². The summed E-state index contributed by atoms with van der Waals surface area (Å²) in [6.07, 6.45) is 25.0. The molecule has 29 heavy (non-hydrogen) atoms. The standard InChI is InChI=1S/C24H51O3P.Nd/c1-3-5-7-9-11-13-15-17-19-21-23-27-28(25,26)24-22-20-18-16-14-12-10-8-6-4-2;/h3-24H2,1-2H3,(H,25,26);/q;+3/p-1. The molecule has 1 unspecified atom stereocenters. The van der Waals surface area contributed by atoms with Gasteiger partial charge in [0.25, 0.3) is 0 Å². The Bertz CT molecular complexity index is 353. The first kappa shape index (κ1) is 32.7. The molecule has 1 atom stereocenters. The summed E-state index contributed by atoms with van der Waals surface area (Å²) in [4.78, 5) is 11.9. The normalized spacial score (nSPS) is 13.2. The van der Waals surface area contributed by atoms with Crippen LogP contribution in [0.15, 0.2) is 0 Å². The predicted octanol–water partition coefficient (Wildman–Crippen LogP) is 8.40. The van der Waals surface area contributed by atoms with E-state index in [0.717, 1.165) is 32.1 Å². The molecule has 0 aliphatic heterocycles. The maximum atomic E-state index is 11.9. The number of hydrogen-bond acceptors (Lipinski definition) is 3. The van der Waals surface area contributed by atoms with Gasteiger partial charge in [0.1, 0.15) is 7.60 Å². The molecule has 0 aliphatic carbocycles. The van der Waals surface area contributed by atoms with Crippen LogP contribution < -0.4 is 4.89 Å². The van der Waals surface area contributed by atoms with Gasteiger partial charge in [0.15, 0.2) is 0 Å². The Labute approximate surface area is 216 Å². The van der Waals surface area contributed by atoms with Crippen LogP contribution in [0.4, 0.5) is 0 Å². The van der Waals surface area contributed by atoms with Gasteiger partial charge in [0.05, 0.1) is 6.61 Å². The van der Waals surface area contributed by atoms with Crippen LogP contribution in [0.2, 0.25) is 0 Å². The van der Waals surface area contributed by atoms with Crippen LogP contribution >= 0.6 is 7.60 Å². The first-order valence-corrected chi connectivity index (χ1v) is 14.3. The quantitative estimate of drug-likeness (QED) is 0.0929. The summed E-state index contributed by atoms with van der Waals surface area (Å²) in [6.45, 7) is 4.88. The molecule has 171 valence electrons. The van der Waals surface area contributed by atoms with E-state index in [2.05, 4.69) is 13.8 Å². The fraction of sp³-hybridized carbons (Fsp3) is 1.00. The molecular formula is C24H50NdO3P+2. The van der Waals surface area contributed by atoms with Crippen molar-refractivity contribution < 1.29 is 54.8 Å². The molecule has 0 bridgehead atoms. The van der Waals surface area contributed by atoms with E-state index in [1.54, 1.807) is 0 Å². The van der Waals surface area contributed by atoms with Gasteiger partial charge in [-0.1, -0.05) is 129 Å². The largest absolute Gasteiger partial charge is 3.00 e. The number of unbranched alkanes of at least 4 members (excludes halogenated alkanes) is 18. The first-order valence-electron chi connectivity index (χ1n) is 12.6. The second-order valence-corrected chi connectivity index (χ2v) is 10.5. The molecule has 3 nitrogen and oxygen atoms in total. The van der Waals surface area contributed by atoms with E-state index in [-0.39, 0.29) is 47.0 Å². The molecule has 0 fully saturated rings. The van der Waals surface area contributed by atoms with Crippen molar-refractivity contribution in [1.29, 1.82) is 0 Å². The van der Waals surface area contributed by atoms with Gasteiger partial charge in [0, 0.05) is 6.16 Å². The Kier molecular flexibility index (Phi) is 29.0. The van der Waals surface area contributed by atoms with Gasteiger partial charge in [-0.15, -0.1) is 0 Å². The summed E-state index contributed by atoms with van der Waals surface area (Å²) in [5.74, 6) is 0. The van der Waals surface area contributed by atoms with Crippen molar-refractivity contribution in [2.45, 2.75) is 142 Å². The molecule has 1 radical (unpaired) electrons. The molecule has 0 rings (SSSR count). The third kappa shape index (κ3) is 27.5. The Balaban J connectivity index is 0. The molecule has 0 amide bonds. The van der Waals surface area contributed by atoms with Gasteiger partial charge in [-0.3, -0.25) is 0 Å². The van der Waals surface area contributed by atoms with E-state index in [9.17, 15) is 9.46 Å². The zero-order valence-electron chi connectivity index (χ0n) is 19.7. The van der Waals surface area contributed by atoms with Gasteiger partial charge in [-0.05, 0) is 12.8 Å². The second kappa shape index (κ2) is 25.8. The fourth-order valence-corrected chi connectivity index (χ4v) is 4.80. The maximum Gasteiger partial charge on any atom is 3.00 e. The summed E-state index contributed by atoms with van der Waals surface area (Å²) < 4.78 is 17.1. The summed E-state index contributed by atoms with van der Waals surface area (Å²) in [5, 5.41) is 0. The van der Waals surface area contributed by atoms with E-state index in [0.29, 0.717) is 6.61 Å². The zero-order valence-corrected chi connectivity index (χ0v) is 23.8. The smallest absolute Gasteiger partial charge is 0.778 e. The average Bonchev–Trinajstić information content (AvgIpc) is 2.67. The zero-order chi connectivity index (χ0) is 20.8. The third-order valence-electron chi connectivity index (χ3n) is 5.57. The van der Waals surface area contributed by atoms with Crippen molar-refractivity contribution in [1.82, 2.24) is 0 Å². The van der Waals surface area contributed by atoms with Gasteiger partial charge in [-0.2, -0.15) is 0 Å². The Morgan fingerprint density at radius 1 is 0.552 bits per heavy atom.